The van der Waals surface area contributed by atoms with Crippen LogP contribution >= 0.6 is 11.6 Å². The van der Waals surface area contributed by atoms with Crippen molar-refractivity contribution in [3.63, 3.8) is 0 Å². The first kappa shape index (κ1) is 12.3. The number of anilines is 1. The summed E-state index contributed by atoms with van der Waals surface area (Å²) >= 11 is 5.91. The Balaban J connectivity index is 3.05. The highest BCUT2D eigenvalue weighted by Gasteiger charge is 2.12. The zero-order chi connectivity index (χ0) is 11.4. The fraction of sp³-hybridized carbons (Fsp3) is 0.583. The van der Waals surface area contributed by atoms with Crippen LogP contribution in [0.15, 0.2) is 12.3 Å². The van der Waals surface area contributed by atoms with E-state index in [0.29, 0.717) is 11.9 Å². The maximum atomic E-state index is 5.91. The maximum absolute atomic E-state index is 5.91. The third-order valence-electron chi connectivity index (χ3n) is 2.87. The van der Waals surface area contributed by atoms with Crippen LogP contribution in [-0.2, 0) is 5.88 Å². The smallest absolute Gasteiger partial charge is 0.0509 e. The van der Waals surface area contributed by atoms with Crippen molar-refractivity contribution < 1.29 is 0 Å². The van der Waals surface area contributed by atoms with E-state index in [2.05, 4.69) is 36.8 Å². The van der Waals surface area contributed by atoms with Crippen molar-refractivity contribution in [3.8, 4) is 0 Å². The van der Waals surface area contributed by atoms with Gasteiger partial charge in [-0.15, -0.1) is 11.6 Å². The minimum atomic E-state index is 0.517. The van der Waals surface area contributed by atoms with Gasteiger partial charge in [0.25, 0.3) is 0 Å². The molecule has 0 aromatic carbocycles. The normalized spacial score (nSPS) is 12.6. The number of pyridine rings is 1. The highest BCUT2D eigenvalue weighted by atomic mass is 35.5. The standard InChI is InChI=1S/C12H19ClN2/c1-5-10(3)15(4)12-6-9(2)14-8-11(12)7-13/h6,8,10H,5,7H2,1-4H3. The number of rotatable bonds is 4. The lowest BCUT2D eigenvalue weighted by atomic mass is 10.1. The van der Waals surface area contributed by atoms with Crippen molar-refractivity contribution in [2.45, 2.75) is 39.1 Å². The molecule has 0 amide bonds. The molecule has 1 rings (SSSR count). The summed E-state index contributed by atoms with van der Waals surface area (Å²) in [7, 11) is 2.11. The number of alkyl halides is 1. The molecule has 0 aliphatic rings. The topological polar surface area (TPSA) is 16.1 Å². The molecule has 84 valence electrons. The quantitative estimate of drug-likeness (QED) is 0.732. The van der Waals surface area contributed by atoms with E-state index in [9.17, 15) is 0 Å². The predicted octanol–water partition coefficient (Wildman–Crippen LogP) is 3.36. The summed E-state index contributed by atoms with van der Waals surface area (Å²) in [4.78, 5) is 6.54. The summed E-state index contributed by atoms with van der Waals surface area (Å²) < 4.78 is 0. The highest BCUT2D eigenvalue weighted by Crippen LogP contribution is 2.23. The van der Waals surface area contributed by atoms with Gasteiger partial charge in [-0.1, -0.05) is 6.92 Å². The number of aryl methyl sites for hydroxylation is 1. The highest BCUT2D eigenvalue weighted by molar-refractivity contribution is 6.17. The monoisotopic (exact) mass is 226 g/mol. The van der Waals surface area contributed by atoms with Gasteiger partial charge in [-0.2, -0.15) is 0 Å². The molecule has 1 aromatic rings. The van der Waals surface area contributed by atoms with Gasteiger partial charge in [0.1, 0.15) is 0 Å². The van der Waals surface area contributed by atoms with Crippen LogP contribution in [0.1, 0.15) is 31.5 Å². The first-order valence-corrected chi connectivity index (χ1v) is 5.87. The molecule has 2 nitrogen and oxygen atoms in total. The number of hydrogen-bond acceptors (Lipinski definition) is 2. The summed E-state index contributed by atoms with van der Waals surface area (Å²) in [5.74, 6) is 0.517. The van der Waals surface area contributed by atoms with Gasteiger partial charge in [-0.05, 0) is 26.3 Å². The number of nitrogens with zero attached hydrogens (tertiary/aromatic N) is 2. The van der Waals surface area contributed by atoms with E-state index in [-0.39, 0.29) is 0 Å². The van der Waals surface area contributed by atoms with Gasteiger partial charge in [0.05, 0.1) is 5.88 Å². The first-order valence-electron chi connectivity index (χ1n) is 5.34. The second kappa shape index (κ2) is 5.36. The van der Waals surface area contributed by atoms with Gasteiger partial charge < -0.3 is 4.90 Å². The lowest BCUT2D eigenvalue weighted by Gasteiger charge is -2.28. The molecule has 3 heteroatoms. The van der Waals surface area contributed by atoms with E-state index in [1.54, 1.807) is 0 Å². The third kappa shape index (κ3) is 2.85. The average Bonchev–Trinajstić information content (AvgIpc) is 2.27. The lowest BCUT2D eigenvalue weighted by molar-refractivity contribution is 0.661. The molecule has 0 aliphatic heterocycles. The third-order valence-corrected chi connectivity index (χ3v) is 3.16. The van der Waals surface area contributed by atoms with E-state index in [1.165, 1.54) is 5.69 Å². The Morgan fingerprint density at radius 2 is 2.20 bits per heavy atom. The Morgan fingerprint density at radius 3 is 2.73 bits per heavy atom. The molecule has 0 spiro atoms. The Labute approximate surface area is 97.3 Å². The van der Waals surface area contributed by atoms with Crippen molar-refractivity contribution in [2.24, 2.45) is 0 Å². The maximum Gasteiger partial charge on any atom is 0.0509 e. The molecule has 0 saturated carbocycles. The van der Waals surface area contributed by atoms with Crippen LogP contribution in [0.25, 0.3) is 0 Å². The van der Waals surface area contributed by atoms with Crippen molar-refractivity contribution in [2.75, 3.05) is 11.9 Å². The minimum absolute atomic E-state index is 0.517. The van der Waals surface area contributed by atoms with Gasteiger partial charge >= 0.3 is 0 Å². The zero-order valence-corrected chi connectivity index (χ0v) is 10.7. The van der Waals surface area contributed by atoms with Gasteiger partial charge in [-0.25, -0.2) is 0 Å². The van der Waals surface area contributed by atoms with Gasteiger partial charge in [0.15, 0.2) is 0 Å². The van der Waals surface area contributed by atoms with Crippen molar-refractivity contribution in [3.05, 3.63) is 23.5 Å². The lowest BCUT2D eigenvalue weighted by Crippen LogP contribution is -2.29. The summed E-state index contributed by atoms with van der Waals surface area (Å²) in [5.41, 5.74) is 3.34. The van der Waals surface area contributed by atoms with E-state index in [0.717, 1.165) is 17.7 Å². The largest absolute Gasteiger partial charge is 0.372 e. The van der Waals surface area contributed by atoms with E-state index < -0.39 is 0 Å². The first-order chi connectivity index (χ1) is 7.10. The van der Waals surface area contributed by atoms with Crippen molar-refractivity contribution in [1.82, 2.24) is 4.98 Å². The van der Waals surface area contributed by atoms with Crippen LogP contribution in [0.4, 0.5) is 5.69 Å². The Hall–Kier alpha value is -0.760. The summed E-state index contributed by atoms with van der Waals surface area (Å²) in [5, 5.41) is 0. The molecule has 0 saturated heterocycles. The molecule has 1 unspecified atom stereocenters. The summed E-state index contributed by atoms with van der Waals surface area (Å²) in [6.45, 7) is 6.41. The van der Waals surface area contributed by atoms with Gasteiger partial charge in [-0.3, -0.25) is 4.98 Å². The Kier molecular flexibility index (Phi) is 4.40. The van der Waals surface area contributed by atoms with Gasteiger partial charge in [0.2, 0.25) is 0 Å². The molecule has 0 fully saturated rings. The van der Waals surface area contributed by atoms with Crippen LogP contribution in [0.3, 0.4) is 0 Å². The number of hydrogen-bond donors (Lipinski definition) is 0. The van der Waals surface area contributed by atoms with Crippen molar-refractivity contribution in [1.29, 1.82) is 0 Å². The SMILES string of the molecule is CCC(C)N(C)c1cc(C)ncc1CCl. The van der Waals surface area contributed by atoms with E-state index in [1.807, 2.05) is 13.1 Å². The molecular formula is C12H19ClN2. The van der Waals surface area contributed by atoms with Crippen LogP contribution in [0, 0.1) is 6.92 Å². The molecule has 0 N–H and O–H groups in total. The fourth-order valence-corrected chi connectivity index (χ4v) is 1.72. The molecule has 15 heavy (non-hydrogen) atoms. The van der Waals surface area contributed by atoms with Crippen LogP contribution in [-0.4, -0.2) is 18.1 Å². The van der Waals surface area contributed by atoms with Crippen LogP contribution in [0.2, 0.25) is 0 Å². The summed E-state index contributed by atoms with van der Waals surface area (Å²) in [6.07, 6.45) is 3.00. The second-order valence-corrected chi connectivity index (χ2v) is 4.22. The van der Waals surface area contributed by atoms with E-state index in [4.69, 9.17) is 11.6 Å². The van der Waals surface area contributed by atoms with Crippen molar-refractivity contribution >= 4 is 17.3 Å². The predicted molar refractivity (Wildman–Crippen MR) is 66.7 cm³/mol. The minimum Gasteiger partial charge on any atom is -0.372 e. The van der Waals surface area contributed by atoms with E-state index >= 15 is 0 Å². The Bertz CT molecular complexity index is 325. The van der Waals surface area contributed by atoms with Gasteiger partial charge in [0, 0.05) is 36.2 Å². The average molecular weight is 227 g/mol. The number of aromatic nitrogens is 1. The second-order valence-electron chi connectivity index (χ2n) is 3.96. The number of halogens is 1. The molecule has 0 aliphatic carbocycles. The Morgan fingerprint density at radius 1 is 1.53 bits per heavy atom. The molecule has 0 radical (unpaired) electrons. The molecule has 1 heterocycles. The molecule has 1 atom stereocenters. The molecule has 1 aromatic heterocycles. The fourth-order valence-electron chi connectivity index (χ4n) is 1.52. The zero-order valence-electron chi connectivity index (χ0n) is 9.92. The van der Waals surface area contributed by atoms with Crippen LogP contribution in [0.5, 0.6) is 0 Å². The molecular weight excluding hydrogens is 208 g/mol. The summed E-state index contributed by atoms with van der Waals surface area (Å²) in [6, 6.07) is 2.62. The molecule has 0 bridgehead atoms. The van der Waals surface area contributed by atoms with Crippen LogP contribution < -0.4 is 4.90 Å².